The third-order valence-electron chi connectivity index (χ3n) is 0.425. The Labute approximate surface area is 83.5 Å². The summed E-state index contributed by atoms with van der Waals surface area (Å²) in [6.07, 6.45) is 0. The maximum Gasteiger partial charge on any atom is 1.00 e. The number of aliphatic hydroxyl groups excluding tert-OH is 1. The standard InChI is InChI=1S/C4H4S.C2H6O.Na.H/c1-2-4-5-3-1;1-2-3;;/h1-4H;3H,2H2,1H3;;/q;;+1;-1. The zero-order valence-electron chi connectivity index (χ0n) is 6.87. The molecule has 0 aliphatic carbocycles. The quantitative estimate of drug-likeness (QED) is 0.468. The van der Waals surface area contributed by atoms with Crippen LogP contribution < -0.4 is 29.6 Å². The van der Waals surface area contributed by atoms with E-state index in [0.717, 1.165) is 0 Å². The molecule has 1 heterocycles. The van der Waals surface area contributed by atoms with Gasteiger partial charge in [0, 0.05) is 6.61 Å². The van der Waals surface area contributed by atoms with Gasteiger partial charge in [0.2, 0.25) is 0 Å². The minimum atomic E-state index is 0. The van der Waals surface area contributed by atoms with Crippen LogP contribution in [0.15, 0.2) is 22.9 Å². The Morgan fingerprint density at radius 1 is 1.44 bits per heavy atom. The van der Waals surface area contributed by atoms with Crippen molar-refractivity contribution >= 4 is 11.3 Å². The predicted molar refractivity (Wildman–Crippen MR) is 38.2 cm³/mol. The molecule has 9 heavy (non-hydrogen) atoms. The van der Waals surface area contributed by atoms with E-state index in [0.29, 0.717) is 0 Å². The molecule has 48 valence electrons. The van der Waals surface area contributed by atoms with E-state index in [9.17, 15) is 0 Å². The fraction of sp³-hybridized carbons (Fsp3) is 0.333. The Bertz CT molecular complexity index is 84.6. The molecule has 0 radical (unpaired) electrons. The second kappa shape index (κ2) is 11.5. The van der Waals surface area contributed by atoms with E-state index in [1.807, 2.05) is 22.9 Å². The molecule has 0 spiro atoms. The van der Waals surface area contributed by atoms with Crippen molar-refractivity contribution in [3.63, 3.8) is 0 Å². The van der Waals surface area contributed by atoms with Crippen LogP contribution in [0.25, 0.3) is 0 Å². The van der Waals surface area contributed by atoms with Crippen molar-refractivity contribution in [1.29, 1.82) is 0 Å². The summed E-state index contributed by atoms with van der Waals surface area (Å²) in [6, 6.07) is 4.04. The number of rotatable bonds is 0. The summed E-state index contributed by atoms with van der Waals surface area (Å²) in [7, 11) is 0. The van der Waals surface area contributed by atoms with Gasteiger partial charge in [0.25, 0.3) is 0 Å². The van der Waals surface area contributed by atoms with Crippen LogP contribution in [0.3, 0.4) is 0 Å². The fourth-order valence-electron chi connectivity index (χ4n) is 0.227. The predicted octanol–water partition coefficient (Wildman–Crippen LogP) is -1.14. The first-order valence-corrected chi connectivity index (χ1v) is 3.44. The molecule has 0 aliphatic rings. The van der Waals surface area contributed by atoms with Crippen LogP contribution in [0.4, 0.5) is 0 Å². The maximum atomic E-state index is 7.57. The van der Waals surface area contributed by atoms with Gasteiger partial charge in [0.05, 0.1) is 0 Å². The second-order valence-electron chi connectivity index (χ2n) is 1.11. The largest absolute Gasteiger partial charge is 1.00 e. The van der Waals surface area contributed by atoms with E-state index in [1.54, 1.807) is 18.3 Å². The van der Waals surface area contributed by atoms with E-state index < -0.39 is 0 Å². The molecule has 0 aromatic carbocycles. The molecule has 0 amide bonds. The van der Waals surface area contributed by atoms with Gasteiger partial charge in [-0.2, -0.15) is 11.3 Å². The second-order valence-corrected chi connectivity index (χ2v) is 1.93. The minimum absolute atomic E-state index is 0. The molecule has 0 atom stereocenters. The van der Waals surface area contributed by atoms with Crippen molar-refractivity contribution in [2.75, 3.05) is 6.61 Å². The molecule has 1 N–H and O–H groups in total. The van der Waals surface area contributed by atoms with Gasteiger partial charge in [-0.3, -0.25) is 0 Å². The number of thiophene rings is 1. The van der Waals surface area contributed by atoms with Gasteiger partial charge in [-0.05, 0) is 17.7 Å². The van der Waals surface area contributed by atoms with Crippen LogP contribution in [0.5, 0.6) is 0 Å². The van der Waals surface area contributed by atoms with Crippen LogP contribution >= 0.6 is 11.3 Å². The summed E-state index contributed by atoms with van der Waals surface area (Å²) >= 11 is 1.71. The topological polar surface area (TPSA) is 20.2 Å². The van der Waals surface area contributed by atoms with Gasteiger partial charge < -0.3 is 6.53 Å². The Morgan fingerprint density at radius 3 is 1.89 bits per heavy atom. The Morgan fingerprint density at radius 2 is 1.78 bits per heavy atom. The normalized spacial score (nSPS) is 6.44. The summed E-state index contributed by atoms with van der Waals surface area (Å²) in [5.41, 5.74) is 0. The number of aliphatic hydroxyl groups is 1. The van der Waals surface area contributed by atoms with Gasteiger partial charge in [-0.15, -0.1) is 0 Å². The molecule has 0 saturated carbocycles. The van der Waals surface area contributed by atoms with Crippen LogP contribution in [-0.2, 0) is 0 Å². The molecule has 1 rings (SSSR count). The number of hydrogen-bond donors (Lipinski definition) is 1. The zero-order chi connectivity index (χ0) is 6.24. The first kappa shape index (κ1) is 12.3. The van der Waals surface area contributed by atoms with E-state index in [4.69, 9.17) is 5.11 Å². The molecule has 0 unspecified atom stereocenters. The third-order valence-corrected chi connectivity index (χ3v) is 1.05. The first-order valence-electron chi connectivity index (χ1n) is 2.49. The molecular formula is C6H11NaOS. The Kier molecular flexibility index (Phi) is 15.7. The Hall–Kier alpha value is 0.660. The van der Waals surface area contributed by atoms with Crippen LogP contribution in [0.2, 0.25) is 0 Å². The summed E-state index contributed by atoms with van der Waals surface area (Å²) in [5, 5.41) is 11.7. The summed E-state index contributed by atoms with van der Waals surface area (Å²) in [6.45, 7) is 1.93. The molecular weight excluding hydrogens is 143 g/mol. The summed E-state index contributed by atoms with van der Waals surface area (Å²) in [4.78, 5) is 0. The molecule has 0 fully saturated rings. The minimum Gasteiger partial charge on any atom is -1.00 e. The molecule has 0 aliphatic heterocycles. The monoisotopic (exact) mass is 154 g/mol. The van der Waals surface area contributed by atoms with Gasteiger partial charge >= 0.3 is 29.6 Å². The van der Waals surface area contributed by atoms with Crippen molar-refractivity contribution in [1.82, 2.24) is 0 Å². The fourth-order valence-corrected chi connectivity index (χ4v) is 0.680. The first-order chi connectivity index (χ1) is 3.91. The Balaban J connectivity index is -0.0000000900. The van der Waals surface area contributed by atoms with Gasteiger partial charge in [0.15, 0.2) is 0 Å². The van der Waals surface area contributed by atoms with Crippen molar-refractivity contribution in [3.8, 4) is 0 Å². The van der Waals surface area contributed by atoms with Crippen LogP contribution in [-0.4, -0.2) is 11.7 Å². The van der Waals surface area contributed by atoms with E-state index in [-0.39, 0.29) is 37.6 Å². The molecule has 1 nitrogen and oxygen atoms in total. The molecule has 1 aromatic rings. The van der Waals surface area contributed by atoms with Gasteiger partial charge in [-0.1, -0.05) is 12.1 Å². The average Bonchev–Trinajstić information content (AvgIpc) is 2.17. The van der Waals surface area contributed by atoms with Crippen molar-refractivity contribution in [2.45, 2.75) is 6.92 Å². The molecule has 0 bridgehead atoms. The van der Waals surface area contributed by atoms with Crippen LogP contribution in [0, 0.1) is 0 Å². The molecule has 0 saturated heterocycles. The van der Waals surface area contributed by atoms with Gasteiger partial charge in [-0.25, -0.2) is 0 Å². The summed E-state index contributed by atoms with van der Waals surface area (Å²) in [5.74, 6) is 0. The van der Waals surface area contributed by atoms with E-state index in [1.165, 1.54) is 0 Å². The number of hydrogen-bond acceptors (Lipinski definition) is 2. The van der Waals surface area contributed by atoms with Crippen molar-refractivity contribution < 1.29 is 36.1 Å². The maximum absolute atomic E-state index is 7.57. The van der Waals surface area contributed by atoms with Crippen LogP contribution in [0.1, 0.15) is 8.35 Å². The van der Waals surface area contributed by atoms with Crippen molar-refractivity contribution in [2.24, 2.45) is 0 Å². The SMILES string of the molecule is CCO.[H-].[Na+].c1ccsc1. The average molecular weight is 154 g/mol. The van der Waals surface area contributed by atoms with E-state index in [2.05, 4.69) is 0 Å². The van der Waals surface area contributed by atoms with Crippen molar-refractivity contribution in [3.05, 3.63) is 22.9 Å². The van der Waals surface area contributed by atoms with E-state index >= 15 is 0 Å². The smallest absolute Gasteiger partial charge is 1.00 e. The summed E-state index contributed by atoms with van der Waals surface area (Å²) < 4.78 is 0. The molecule has 1 aromatic heterocycles. The zero-order valence-corrected chi connectivity index (χ0v) is 8.69. The third kappa shape index (κ3) is 12.0. The molecule has 3 heteroatoms. The van der Waals surface area contributed by atoms with Gasteiger partial charge in [0.1, 0.15) is 0 Å².